The highest BCUT2D eigenvalue weighted by Crippen LogP contribution is 2.33. The van der Waals surface area contributed by atoms with Crippen LogP contribution in [0.5, 0.6) is 0 Å². The van der Waals surface area contributed by atoms with Gasteiger partial charge in [0.1, 0.15) is 4.90 Å². The highest BCUT2D eigenvalue weighted by Gasteiger charge is 2.29. The lowest BCUT2D eigenvalue weighted by Gasteiger charge is -2.23. The predicted octanol–water partition coefficient (Wildman–Crippen LogP) is 1.86. The molecule has 1 rings (SSSR count). The van der Waals surface area contributed by atoms with Crippen molar-refractivity contribution in [2.75, 3.05) is 46.3 Å². The first-order valence-electron chi connectivity index (χ1n) is 6.07. The van der Waals surface area contributed by atoms with Crippen molar-refractivity contribution < 1.29 is 17.9 Å². The molecule has 0 spiro atoms. The van der Waals surface area contributed by atoms with Crippen LogP contribution in [-0.4, -0.2) is 53.2 Å². The average molecular weight is 357 g/mol. The summed E-state index contributed by atoms with van der Waals surface area (Å²) in [7, 11) is -0.884. The Morgan fingerprint density at radius 1 is 1.14 bits per heavy atom. The molecule has 0 aromatic heterocycles. The number of hydrogen-bond acceptors (Lipinski definition) is 5. The van der Waals surface area contributed by atoms with Crippen molar-refractivity contribution >= 4 is 38.9 Å². The zero-order chi connectivity index (χ0) is 16.0. The largest absolute Gasteiger partial charge is 0.398 e. The van der Waals surface area contributed by atoms with Gasteiger partial charge >= 0.3 is 0 Å². The van der Waals surface area contributed by atoms with Crippen LogP contribution >= 0.6 is 23.2 Å². The zero-order valence-corrected chi connectivity index (χ0v) is 14.1. The van der Waals surface area contributed by atoms with Gasteiger partial charge < -0.3 is 15.2 Å². The molecule has 0 fully saturated rings. The van der Waals surface area contributed by atoms with Crippen LogP contribution in [0.4, 0.5) is 5.69 Å². The molecular formula is C12H18Cl2N2O4S. The molecule has 120 valence electrons. The summed E-state index contributed by atoms with van der Waals surface area (Å²) in [5.41, 5.74) is 5.77. The van der Waals surface area contributed by atoms with Crippen LogP contribution in [-0.2, 0) is 19.5 Å². The summed E-state index contributed by atoms with van der Waals surface area (Å²) in [6, 6.07) is 2.70. The number of nitrogen functional groups attached to an aromatic ring is 1. The maximum atomic E-state index is 12.7. The van der Waals surface area contributed by atoms with Crippen LogP contribution in [0.2, 0.25) is 10.0 Å². The molecule has 1 aromatic rings. The lowest BCUT2D eigenvalue weighted by Crippen LogP contribution is -2.37. The summed E-state index contributed by atoms with van der Waals surface area (Å²) in [6.07, 6.45) is 0. The van der Waals surface area contributed by atoms with Gasteiger partial charge in [0.15, 0.2) is 0 Å². The lowest BCUT2D eigenvalue weighted by atomic mass is 10.3. The third kappa shape index (κ3) is 4.70. The van der Waals surface area contributed by atoms with E-state index in [1.807, 2.05) is 0 Å². The van der Waals surface area contributed by atoms with E-state index in [-0.39, 0.29) is 46.9 Å². The minimum atomic E-state index is -3.87. The van der Waals surface area contributed by atoms with Crippen LogP contribution in [0.3, 0.4) is 0 Å². The average Bonchev–Trinajstić information content (AvgIpc) is 2.36. The molecule has 0 aliphatic carbocycles. The van der Waals surface area contributed by atoms with Crippen molar-refractivity contribution in [2.24, 2.45) is 0 Å². The van der Waals surface area contributed by atoms with Gasteiger partial charge in [0.2, 0.25) is 10.0 Å². The summed E-state index contributed by atoms with van der Waals surface area (Å²) in [4.78, 5) is -0.152. The first kappa shape index (κ1) is 18.5. The van der Waals surface area contributed by atoms with Gasteiger partial charge in [-0.15, -0.1) is 0 Å². The number of halogens is 2. The summed E-state index contributed by atoms with van der Waals surface area (Å²) >= 11 is 11.8. The number of hydrogen-bond donors (Lipinski definition) is 1. The second-order valence-corrected chi connectivity index (χ2v) is 6.91. The van der Waals surface area contributed by atoms with E-state index >= 15 is 0 Å². The van der Waals surface area contributed by atoms with E-state index in [1.54, 1.807) is 0 Å². The molecule has 0 saturated heterocycles. The molecule has 0 amide bonds. The summed E-state index contributed by atoms with van der Waals surface area (Å²) in [6.45, 7) is 0.823. The number of sulfonamides is 1. The maximum absolute atomic E-state index is 12.7. The third-order valence-corrected chi connectivity index (χ3v) is 5.37. The van der Waals surface area contributed by atoms with Gasteiger partial charge in [-0.25, -0.2) is 8.42 Å². The monoisotopic (exact) mass is 356 g/mol. The smallest absolute Gasteiger partial charge is 0.246 e. The Labute approximate surface area is 134 Å². The summed E-state index contributed by atoms with van der Waals surface area (Å²) in [5.74, 6) is 0. The Kier molecular flexibility index (Phi) is 7.19. The SMILES string of the molecule is COCCN(CCOC)S(=O)(=O)c1c(N)cc(Cl)cc1Cl. The molecule has 0 saturated carbocycles. The summed E-state index contributed by atoms with van der Waals surface area (Å²) < 4.78 is 36.5. The van der Waals surface area contributed by atoms with Crippen molar-refractivity contribution in [1.29, 1.82) is 0 Å². The second-order valence-electron chi connectivity index (χ2n) is 4.20. The molecule has 9 heteroatoms. The van der Waals surface area contributed by atoms with Gasteiger partial charge in [-0.05, 0) is 12.1 Å². The van der Waals surface area contributed by atoms with E-state index in [0.29, 0.717) is 0 Å². The summed E-state index contributed by atoms with van der Waals surface area (Å²) in [5, 5.41) is 0.261. The molecule has 6 nitrogen and oxygen atoms in total. The molecule has 0 unspecified atom stereocenters. The van der Waals surface area contributed by atoms with Gasteiger partial charge in [-0.3, -0.25) is 0 Å². The van der Waals surface area contributed by atoms with Crippen LogP contribution < -0.4 is 5.73 Å². The Balaban J connectivity index is 3.21. The number of nitrogens with zero attached hydrogens (tertiary/aromatic N) is 1. The first-order chi connectivity index (χ1) is 9.84. The molecule has 21 heavy (non-hydrogen) atoms. The topological polar surface area (TPSA) is 81.9 Å². The number of anilines is 1. The highest BCUT2D eigenvalue weighted by molar-refractivity contribution is 7.89. The van der Waals surface area contributed by atoms with E-state index in [4.69, 9.17) is 38.4 Å². The van der Waals surface area contributed by atoms with Gasteiger partial charge in [0.25, 0.3) is 0 Å². The standard InChI is InChI=1S/C12H18Cl2N2O4S/c1-19-5-3-16(4-6-20-2)21(17,18)12-10(14)7-9(13)8-11(12)15/h7-8H,3-6,15H2,1-2H3. The van der Waals surface area contributed by atoms with Gasteiger partial charge in [0.05, 0.1) is 23.9 Å². The Morgan fingerprint density at radius 2 is 1.67 bits per heavy atom. The van der Waals surface area contributed by atoms with Crippen LogP contribution in [0.15, 0.2) is 17.0 Å². The number of rotatable bonds is 8. The molecule has 0 bridgehead atoms. The number of nitrogens with two attached hydrogens (primary N) is 1. The van der Waals surface area contributed by atoms with E-state index < -0.39 is 10.0 Å². The highest BCUT2D eigenvalue weighted by atomic mass is 35.5. The Hall–Kier alpha value is -0.570. The molecule has 0 aliphatic heterocycles. The van der Waals surface area contributed by atoms with Crippen LogP contribution in [0, 0.1) is 0 Å². The minimum Gasteiger partial charge on any atom is -0.398 e. The quantitative estimate of drug-likeness (QED) is 0.718. The van der Waals surface area contributed by atoms with Crippen molar-refractivity contribution in [1.82, 2.24) is 4.31 Å². The molecule has 0 aliphatic rings. The van der Waals surface area contributed by atoms with E-state index in [2.05, 4.69) is 0 Å². The Morgan fingerprint density at radius 3 is 2.10 bits per heavy atom. The molecular weight excluding hydrogens is 339 g/mol. The fourth-order valence-electron chi connectivity index (χ4n) is 1.72. The fraction of sp³-hybridized carbons (Fsp3) is 0.500. The maximum Gasteiger partial charge on any atom is 0.246 e. The Bertz CT molecular complexity index is 550. The molecule has 0 atom stereocenters. The number of benzene rings is 1. The van der Waals surface area contributed by atoms with E-state index in [9.17, 15) is 8.42 Å². The van der Waals surface area contributed by atoms with Crippen molar-refractivity contribution in [3.05, 3.63) is 22.2 Å². The van der Waals surface area contributed by atoms with Crippen molar-refractivity contribution in [3.63, 3.8) is 0 Å². The van der Waals surface area contributed by atoms with Gasteiger partial charge in [-0.1, -0.05) is 23.2 Å². The fourth-order valence-corrected chi connectivity index (χ4v) is 4.07. The predicted molar refractivity (Wildman–Crippen MR) is 83.4 cm³/mol. The van der Waals surface area contributed by atoms with E-state index in [0.717, 1.165) is 0 Å². The molecule has 0 radical (unpaired) electrons. The lowest BCUT2D eigenvalue weighted by molar-refractivity contribution is 0.150. The van der Waals surface area contributed by atoms with E-state index in [1.165, 1.54) is 30.7 Å². The van der Waals surface area contributed by atoms with Gasteiger partial charge in [0, 0.05) is 32.3 Å². The minimum absolute atomic E-state index is 0.00679. The first-order valence-corrected chi connectivity index (χ1v) is 8.26. The zero-order valence-electron chi connectivity index (χ0n) is 11.8. The van der Waals surface area contributed by atoms with Crippen molar-refractivity contribution in [3.8, 4) is 0 Å². The normalized spacial score (nSPS) is 12.0. The molecule has 0 heterocycles. The van der Waals surface area contributed by atoms with Crippen molar-refractivity contribution in [2.45, 2.75) is 4.90 Å². The van der Waals surface area contributed by atoms with Crippen LogP contribution in [0.25, 0.3) is 0 Å². The second kappa shape index (κ2) is 8.17. The third-order valence-electron chi connectivity index (χ3n) is 2.72. The van der Waals surface area contributed by atoms with Gasteiger partial charge in [-0.2, -0.15) is 4.31 Å². The molecule has 1 aromatic carbocycles. The molecule has 2 N–H and O–H groups in total. The number of methoxy groups -OCH3 is 2. The van der Waals surface area contributed by atoms with Crippen LogP contribution in [0.1, 0.15) is 0 Å². The number of ether oxygens (including phenoxy) is 2.